The number of terminal acetylenes is 1. The molecule has 0 spiro atoms. The predicted molar refractivity (Wildman–Crippen MR) is 48.9 cm³/mol. The molecule has 0 fully saturated rings. The Labute approximate surface area is 79.7 Å². The van der Waals surface area contributed by atoms with Crippen LogP contribution < -0.4 is 5.32 Å². The molecule has 0 aromatic heterocycles. The summed E-state index contributed by atoms with van der Waals surface area (Å²) in [5, 5.41) is 2.44. The normalized spacial score (nSPS) is 9.00. The first-order valence-electron chi connectivity index (χ1n) is 3.36. The maximum Gasteiger partial charge on any atom is 0.300 e. The fourth-order valence-corrected chi connectivity index (χ4v) is 0.908. The Morgan fingerprint density at radius 2 is 2.31 bits per heavy atom. The summed E-state index contributed by atoms with van der Waals surface area (Å²) < 4.78 is 13.0. The van der Waals surface area contributed by atoms with Crippen LogP contribution in [0.3, 0.4) is 0 Å². The molecule has 66 valence electrons. The largest absolute Gasteiger partial charge is 0.313 e. The van der Waals surface area contributed by atoms with Crippen molar-refractivity contribution >= 4 is 23.2 Å². The van der Waals surface area contributed by atoms with E-state index >= 15 is 0 Å². The van der Waals surface area contributed by atoms with Crippen LogP contribution in [0.15, 0.2) is 18.2 Å². The van der Waals surface area contributed by atoms with Gasteiger partial charge in [0.15, 0.2) is 0 Å². The van der Waals surface area contributed by atoms with E-state index < -0.39 is 11.7 Å². The zero-order chi connectivity index (χ0) is 9.84. The Hall–Kier alpha value is -1.53. The van der Waals surface area contributed by atoms with Gasteiger partial charge in [-0.25, -0.2) is 4.39 Å². The smallest absolute Gasteiger partial charge is 0.300 e. The van der Waals surface area contributed by atoms with Gasteiger partial charge in [0.25, 0.3) is 5.91 Å². The fraction of sp³-hybridized carbons (Fsp3) is 0. The molecule has 1 aromatic rings. The Morgan fingerprint density at radius 3 is 2.85 bits per heavy atom. The van der Waals surface area contributed by atoms with Gasteiger partial charge in [-0.05, 0) is 24.1 Å². The number of carbonyl (C=O) groups is 1. The van der Waals surface area contributed by atoms with Crippen molar-refractivity contribution in [2.24, 2.45) is 0 Å². The van der Waals surface area contributed by atoms with E-state index in [2.05, 4.69) is 5.32 Å². The summed E-state index contributed by atoms with van der Waals surface area (Å²) in [6, 6.07) is 3.89. The maximum atomic E-state index is 13.0. The molecule has 0 unspecified atom stereocenters. The number of halogens is 2. The zero-order valence-electron chi connectivity index (χ0n) is 6.47. The van der Waals surface area contributed by atoms with Gasteiger partial charge >= 0.3 is 0 Å². The second kappa shape index (κ2) is 3.92. The molecule has 0 aliphatic heterocycles. The molecule has 0 aliphatic carbocycles. The van der Waals surface area contributed by atoms with E-state index in [-0.39, 0.29) is 10.7 Å². The van der Waals surface area contributed by atoms with Gasteiger partial charge in [-0.1, -0.05) is 11.6 Å². The third kappa shape index (κ3) is 2.46. The molecule has 0 atom stereocenters. The van der Waals surface area contributed by atoms with Gasteiger partial charge in [0.2, 0.25) is 0 Å². The van der Waals surface area contributed by atoms with Crippen molar-refractivity contribution < 1.29 is 9.18 Å². The molecular weight excluding hydrogens is 193 g/mol. The second-order valence-corrected chi connectivity index (χ2v) is 2.66. The van der Waals surface area contributed by atoms with Crippen LogP contribution in [0.2, 0.25) is 5.02 Å². The van der Waals surface area contributed by atoms with Crippen LogP contribution in [-0.2, 0) is 4.79 Å². The summed E-state index contributed by atoms with van der Waals surface area (Å²) >= 11 is 5.49. The highest BCUT2D eigenvalue weighted by atomic mass is 35.5. The molecule has 0 heterocycles. The number of benzene rings is 1. The van der Waals surface area contributed by atoms with Crippen LogP contribution in [0.4, 0.5) is 10.1 Å². The highest BCUT2D eigenvalue weighted by Gasteiger charge is 2.04. The van der Waals surface area contributed by atoms with Gasteiger partial charge in [0.05, 0.1) is 5.69 Å². The van der Waals surface area contributed by atoms with Gasteiger partial charge in [-0.3, -0.25) is 4.79 Å². The number of rotatable bonds is 1. The van der Waals surface area contributed by atoms with Gasteiger partial charge < -0.3 is 5.32 Å². The molecule has 4 heteroatoms. The molecular formula is C9H5ClFNO. The standard InChI is InChI=1S/C9H5ClFNO/c1-2-9(13)12-8-4-3-6(10)5-7(8)11/h1,3-5H,(H,12,13). The van der Waals surface area contributed by atoms with Crippen molar-refractivity contribution in [3.8, 4) is 12.3 Å². The van der Waals surface area contributed by atoms with E-state index in [4.69, 9.17) is 18.0 Å². The molecule has 1 aromatic carbocycles. The number of carbonyl (C=O) groups excluding carboxylic acids is 1. The minimum absolute atomic E-state index is 0.0207. The summed E-state index contributed by atoms with van der Waals surface area (Å²) in [5.41, 5.74) is 0.0207. The van der Waals surface area contributed by atoms with Crippen molar-refractivity contribution in [1.82, 2.24) is 0 Å². The Balaban J connectivity index is 2.91. The third-order valence-corrected chi connectivity index (χ3v) is 1.55. The van der Waals surface area contributed by atoms with Crippen LogP contribution in [0.5, 0.6) is 0 Å². The highest BCUT2D eigenvalue weighted by molar-refractivity contribution is 6.30. The first-order valence-corrected chi connectivity index (χ1v) is 3.74. The number of anilines is 1. The van der Waals surface area contributed by atoms with Crippen LogP contribution in [0.25, 0.3) is 0 Å². The lowest BCUT2D eigenvalue weighted by atomic mass is 10.3. The third-order valence-electron chi connectivity index (χ3n) is 1.31. The van der Waals surface area contributed by atoms with Crippen molar-refractivity contribution in [3.63, 3.8) is 0 Å². The molecule has 0 saturated heterocycles. The molecule has 0 saturated carbocycles. The average molecular weight is 198 g/mol. The van der Waals surface area contributed by atoms with Crippen LogP contribution in [0.1, 0.15) is 0 Å². The van der Waals surface area contributed by atoms with E-state index in [0.717, 1.165) is 6.07 Å². The lowest BCUT2D eigenvalue weighted by Gasteiger charge is -2.02. The van der Waals surface area contributed by atoms with E-state index in [9.17, 15) is 9.18 Å². The zero-order valence-corrected chi connectivity index (χ0v) is 7.23. The molecule has 1 rings (SSSR count). The van der Waals surface area contributed by atoms with Crippen LogP contribution in [-0.4, -0.2) is 5.91 Å². The second-order valence-electron chi connectivity index (χ2n) is 2.22. The van der Waals surface area contributed by atoms with E-state index in [1.54, 1.807) is 5.92 Å². The summed E-state index contributed by atoms with van der Waals surface area (Å²) in [5.74, 6) is 0.498. The predicted octanol–water partition coefficient (Wildman–Crippen LogP) is 2.05. The molecule has 2 nitrogen and oxygen atoms in total. The maximum absolute atomic E-state index is 13.0. The monoisotopic (exact) mass is 197 g/mol. The molecule has 13 heavy (non-hydrogen) atoms. The Bertz CT molecular complexity index is 384. The Morgan fingerprint density at radius 1 is 1.62 bits per heavy atom. The first-order chi connectivity index (χ1) is 6.13. The minimum atomic E-state index is -0.693. The van der Waals surface area contributed by atoms with E-state index in [1.165, 1.54) is 12.1 Å². The minimum Gasteiger partial charge on any atom is -0.313 e. The number of hydrogen-bond acceptors (Lipinski definition) is 1. The quantitative estimate of drug-likeness (QED) is 0.686. The lowest BCUT2D eigenvalue weighted by Crippen LogP contribution is -2.09. The van der Waals surface area contributed by atoms with Crippen LogP contribution >= 0.6 is 11.6 Å². The molecule has 1 amide bonds. The average Bonchev–Trinajstić information content (AvgIpc) is 2.09. The highest BCUT2D eigenvalue weighted by Crippen LogP contribution is 2.18. The van der Waals surface area contributed by atoms with E-state index in [1.807, 2.05) is 0 Å². The Kier molecular flexibility index (Phi) is 2.88. The van der Waals surface area contributed by atoms with Gasteiger partial charge in [0, 0.05) is 5.02 Å². The van der Waals surface area contributed by atoms with Gasteiger partial charge in [-0.2, -0.15) is 0 Å². The molecule has 0 bridgehead atoms. The molecule has 0 aliphatic rings. The van der Waals surface area contributed by atoms with Gasteiger partial charge in [0.1, 0.15) is 5.82 Å². The number of hydrogen-bond donors (Lipinski definition) is 1. The molecule has 1 N–H and O–H groups in total. The molecule has 0 radical (unpaired) electrons. The van der Waals surface area contributed by atoms with E-state index in [0.29, 0.717) is 0 Å². The van der Waals surface area contributed by atoms with Crippen molar-refractivity contribution in [3.05, 3.63) is 29.0 Å². The van der Waals surface area contributed by atoms with Crippen LogP contribution in [0, 0.1) is 18.2 Å². The number of nitrogens with one attached hydrogen (secondary N) is 1. The number of amides is 1. The van der Waals surface area contributed by atoms with Crippen molar-refractivity contribution in [1.29, 1.82) is 0 Å². The topological polar surface area (TPSA) is 29.1 Å². The van der Waals surface area contributed by atoms with Gasteiger partial charge in [-0.15, -0.1) is 6.42 Å². The summed E-state index contributed by atoms with van der Waals surface area (Å²) in [6.45, 7) is 0. The van der Waals surface area contributed by atoms with Crippen molar-refractivity contribution in [2.45, 2.75) is 0 Å². The summed E-state index contributed by atoms with van der Waals surface area (Å²) in [4.78, 5) is 10.7. The first kappa shape index (κ1) is 9.56. The summed E-state index contributed by atoms with van der Waals surface area (Å²) in [7, 11) is 0. The fourth-order valence-electron chi connectivity index (χ4n) is 0.749. The lowest BCUT2D eigenvalue weighted by molar-refractivity contribution is -0.111. The van der Waals surface area contributed by atoms with Crippen molar-refractivity contribution in [2.75, 3.05) is 5.32 Å². The summed E-state index contributed by atoms with van der Waals surface area (Å²) in [6.07, 6.45) is 4.79. The SMILES string of the molecule is C#CC(=O)Nc1ccc(Cl)cc1F.